The predicted molar refractivity (Wildman–Crippen MR) is 116 cm³/mol. The van der Waals surface area contributed by atoms with Gasteiger partial charge in [-0.05, 0) is 34.6 Å². The molecule has 5 aromatic rings. The first-order valence-corrected chi connectivity index (χ1v) is 9.30. The summed E-state index contributed by atoms with van der Waals surface area (Å²) in [5, 5.41) is 11.0. The van der Waals surface area contributed by atoms with Crippen LogP contribution in [-0.4, -0.2) is 14.6 Å². The van der Waals surface area contributed by atoms with Gasteiger partial charge in [-0.1, -0.05) is 85.4 Å². The molecule has 28 heavy (non-hydrogen) atoms. The summed E-state index contributed by atoms with van der Waals surface area (Å²) in [6.45, 7) is 6.01. The zero-order valence-electron chi connectivity index (χ0n) is 15.6. The summed E-state index contributed by atoms with van der Waals surface area (Å²) in [4.78, 5) is 0. The van der Waals surface area contributed by atoms with Crippen LogP contribution < -0.4 is 0 Å². The van der Waals surface area contributed by atoms with Crippen LogP contribution in [0.4, 0.5) is 0 Å². The average molecular weight is 361 g/mol. The van der Waals surface area contributed by atoms with Crippen molar-refractivity contribution in [3.63, 3.8) is 0 Å². The number of hydrogen-bond acceptors (Lipinski definition) is 2. The third-order valence-electron chi connectivity index (χ3n) is 5.10. The van der Waals surface area contributed by atoms with Crippen LogP contribution in [0.1, 0.15) is 12.7 Å². The van der Waals surface area contributed by atoms with Crippen molar-refractivity contribution in [2.45, 2.75) is 6.92 Å². The van der Waals surface area contributed by atoms with Gasteiger partial charge in [0, 0.05) is 17.1 Å². The van der Waals surface area contributed by atoms with Crippen molar-refractivity contribution in [3.05, 3.63) is 97.5 Å². The zero-order chi connectivity index (χ0) is 19.1. The van der Waals surface area contributed by atoms with Crippen molar-refractivity contribution in [1.82, 2.24) is 14.6 Å². The molecule has 0 spiro atoms. The summed E-state index contributed by atoms with van der Waals surface area (Å²) in [7, 11) is 0. The maximum absolute atomic E-state index is 4.41. The van der Waals surface area contributed by atoms with Crippen molar-refractivity contribution in [3.8, 4) is 22.3 Å². The Hall–Kier alpha value is -3.72. The molecular formula is C25H19N3. The number of benzene rings is 3. The highest BCUT2D eigenvalue weighted by atomic mass is 15.2. The molecule has 0 unspecified atom stereocenters. The first kappa shape index (κ1) is 16.5. The molecule has 0 saturated heterocycles. The second-order valence-corrected chi connectivity index (χ2v) is 7.03. The van der Waals surface area contributed by atoms with Gasteiger partial charge >= 0.3 is 0 Å². The lowest BCUT2D eigenvalue weighted by molar-refractivity contribution is 1.06. The Balaban J connectivity index is 1.73. The number of rotatable bonds is 3. The molecule has 3 aromatic carbocycles. The molecule has 2 heterocycles. The minimum absolute atomic E-state index is 0.794. The Morgan fingerprint density at radius 1 is 0.714 bits per heavy atom. The zero-order valence-corrected chi connectivity index (χ0v) is 15.6. The fraction of sp³-hybridized carbons (Fsp3) is 0.0400. The number of pyridine rings is 1. The molecule has 0 fully saturated rings. The van der Waals surface area contributed by atoms with Crippen LogP contribution in [0.3, 0.4) is 0 Å². The monoisotopic (exact) mass is 361 g/mol. The van der Waals surface area contributed by atoms with E-state index in [1.165, 1.54) is 22.1 Å². The van der Waals surface area contributed by atoms with Gasteiger partial charge in [0.15, 0.2) is 11.5 Å². The standard InChI is InChI=1S/C25H19N3/c1-17(2)24-26-27-25-22-11-7-6-10-21(22)23(16-28(24)25)20-14-12-19(13-15-20)18-8-4-3-5-9-18/h3-16H,1H2,2H3. The van der Waals surface area contributed by atoms with Gasteiger partial charge in [0.2, 0.25) is 0 Å². The molecule has 0 bridgehead atoms. The molecule has 3 nitrogen and oxygen atoms in total. The van der Waals surface area contributed by atoms with E-state index in [1.807, 2.05) is 23.5 Å². The molecule has 0 amide bonds. The largest absolute Gasteiger partial charge is 0.282 e. The van der Waals surface area contributed by atoms with E-state index < -0.39 is 0 Å². The summed E-state index contributed by atoms with van der Waals surface area (Å²) < 4.78 is 2.05. The van der Waals surface area contributed by atoms with Gasteiger partial charge in [0.25, 0.3) is 0 Å². The third kappa shape index (κ3) is 2.60. The summed E-state index contributed by atoms with van der Waals surface area (Å²) in [6.07, 6.45) is 2.12. The average Bonchev–Trinajstić information content (AvgIpc) is 3.19. The van der Waals surface area contributed by atoms with Crippen LogP contribution >= 0.6 is 0 Å². The van der Waals surface area contributed by atoms with Crippen molar-refractivity contribution in [1.29, 1.82) is 0 Å². The molecule has 0 atom stereocenters. The van der Waals surface area contributed by atoms with Crippen molar-refractivity contribution in [2.75, 3.05) is 0 Å². The Bertz CT molecular complexity index is 1310. The fourth-order valence-electron chi connectivity index (χ4n) is 3.70. The molecule has 0 aliphatic heterocycles. The molecule has 0 radical (unpaired) electrons. The number of aromatic nitrogens is 3. The number of hydrogen-bond donors (Lipinski definition) is 0. The van der Waals surface area contributed by atoms with E-state index in [-0.39, 0.29) is 0 Å². The van der Waals surface area contributed by atoms with Crippen LogP contribution in [0.2, 0.25) is 0 Å². The predicted octanol–water partition coefficient (Wildman–Crippen LogP) is 6.25. The summed E-state index contributed by atoms with van der Waals surface area (Å²) >= 11 is 0. The quantitative estimate of drug-likeness (QED) is 0.380. The molecule has 0 saturated carbocycles. The van der Waals surface area contributed by atoms with Crippen LogP contribution in [0.15, 0.2) is 91.6 Å². The van der Waals surface area contributed by atoms with Gasteiger partial charge in [-0.15, -0.1) is 10.2 Å². The Labute approximate surface area is 163 Å². The van der Waals surface area contributed by atoms with E-state index >= 15 is 0 Å². The molecule has 0 aliphatic carbocycles. The number of fused-ring (bicyclic) bond motifs is 3. The lowest BCUT2D eigenvalue weighted by Gasteiger charge is -2.11. The highest BCUT2D eigenvalue weighted by molar-refractivity contribution is 6.03. The van der Waals surface area contributed by atoms with E-state index in [9.17, 15) is 0 Å². The summed E-state index contributed by atoms with van der Waals surface area (Å²) in [5.74, 6) is 0.794. The molecule has 2 aromatic heterocycles. The van der Waals surface area contributed by atoms with Gasteiger partial charge in [0.1, 0.15) is 0 Å². The SMILES string of the molecule is C=C(C)c1nnc2c3ccccc3c(-c3ccc(-c4ccccc4)cc3)cn12. The summed E-state index contributed by atoms with van der Waals surface area (Å²) in [6, 6.07) is 27.5. The normalized spacial score (nSPS) is 11.2. The minimum Gasteiger partial charge on any atom is -0.282 e. The van der Waals surface area contributed by atoms with E-state index in [2.05, 4.69) is 89.7 Å². The van der Waals surface area contributed by atoms with E-state index in [0.29, 0.717) is 0 Å². The summed E-state index contributed by atoms with van der Waals surface area (Å²) in [5.41, 5.74) is 6.51. The van der Waals surface area contributed by atoms with Crippen LogP contribution in [0.25, 0.3) is 44.2 Å². The molecule has 134 valence electrons. The highest BCUT2D eigenvalue weighted by Gasteiger charge is 2.14. The topological polar surface area (TPSA) is 30.2 Å². The van der Waals surface area contributed by atoms with Crippen LogP contribution in [-0.2, 0) is 0 Å². The van der Waals surface area contributed by atoms with Gasteiger partial charge in [-0.3, -0.25) is 4.40 Å². The minimum atomic E-state index is 0.794. The van der Waals surface area contributed by atoms with Crippen molar-refractivity contribution >= 4 is 22.0 Å². The Kier molecular flexibility index (Phi) is 3.80. The molecular weight excluding hydrogens is 342 g/mol. The first-order valence-electron chi connectivity index (χ1n) is 9.30. The fourth-order valence-corrected chi connectivity index (χ4v) is 3.70. The molecule has 3 heteroatoms. The number of nitrogens with zero attached hydrogens (tertiary/aromatic N) is 3. The van der Waals surface area contributed by atoms with Gasteiger partial charge in [-0.2, -0.15) is 0 Å². The van der Waals surface area contributed by atoms with Crippen LogP contribution in [0, 0.1) is 0 Å². The van der Waals surface area contributed by atoms with Crippen molar-refractivity contribution in [2.24, 2.45) is 0 Å². The van der Waals surface area contributed by atoms with Gasteiger partial charge < -0.3 is 0 Å². The maximum Gasteiger partial charge on any atom is 0.168 e. The maximum atomic E-state index is 4.41. The lowest BCUT2D eigenvalue weighted by Crippen LogP contribution is -1.94. The smallest absolute Gasteiger partial charge is 0.168 e. The molecule has 5 rings (SSSR count). The lowest BCUT2D eigenvalue weighted by atomic mass is 9.97. The van der Waals surface area contributed by atoms with Gasteiger partial charge in [0.05, 0.1) is 0 Å². The molecule has 0 N–H and O–H groups in total. The second-order valence-electron chi connectivity index (χ2n) is 7.03. The van der Waals surface area contributed by atoms with Crippen molar-refractivity contribution < 1.29 is 0 Å². The van der Waals surface area contributed by atoms with Gasteiger partial charge in [-0.25, -0.2) is 0 Å². The Morgan fingerprint density at radius 2 is 1.32 bits per heavy atom. The number of allylic oxidation sites excluding steroid dienone is 1. The first-order chi connectivity index (χ1) is 13.7. The second kappa shape index (κ2) is 6.46. The molecule has 0 aliphatic rings. The van der Waals surface area contributed by atoms with E-state index in [0.717, 1.165) is 28.0 Å². The third-order valence-corrected chi connectivity index (χ3v) is 5.10. The highest BCUT2D eigenvalue weighted by Crippen LogP contribution is 2.33. The van der Waals surface area contributed by atoms with E-state index in [1.54, 1.807) is 0 Å². The van der Waals surface area contributed by atoms with E-state index in [4.69, 9.17) is 0 Å². The Morgan fingerprint density at radius 3 is 2.04 bits per heavy atom. The van der Waals surface area contributed by atoms with Crippen LogP contribution in [0.5, 0.6) is 0 Å².